The summed E-state index contributed by atoms with van der Waals surface area (Å²) < 4.78 is 0. The third-order valence-electron chi connectivity index (χ3n) is 8.88. The fraction of sp³-hybridized carbons (Fsp3) is 0. The molecule has 8 heteroatoms. The first-order valence-corrected chi connectivity index (χ1v) is 22.3. The van der Waals surface area contributed by atoms with Crippen molar-refractivity contribution in [1.82, 2.24) is 15.0 Å². The maximum Gasteiger partial charge on any atom is 2.00 e. The number of benzene rings is 6. The Morgan fingerprint density at radius 1 is 0.295 bits per heavy atom. The fourth-order valence-corrected chi connectivity index (χ4v) is 10.7. The zero-order valence-electron chi connectivity index (χ0n) is 33.3. The van der Waals surface area contributed by atoms with Gasteiger partial charge in [0.05, 0.1) is 23.8 Å². The second-order valence-corrected chi connectivity index (χ2v) is 17.5. The molecular formula is C53H43CuN5P2+2. The van der Waals surface area contributed by atoms with Gasteiger partial charge in [-0.1, -0.05) is 194 Å². The minimum absolute atomic E-state index is 0. The van der Waals surface area contributed by atoms with Crippen molar-refractivity contribution in [1.29, 1.82) is 0 Å². The summed E-state index contributed by atoms with van der Waals surface area (Å²) in [5.41, 5.74) is 2.24. The molecular weight excluding hydrogens is 832 g/mol. The van der Waals surface area contributed by atoms with E-state index >= 15 is 0 Å². The fourth-order valence-electron chi connectivity index (χ4n) is 6.11. The third-order valence-corrected chi connectivity index (χ3v) is 13.8. The van der Waals surface area contributed by atoms with Gasteiger partial charge in [-0.15, -0.1) is 0 Å². The number of hydrogen-bond acceptors (Lipinski definition) is 5. The largest absolute Gasteiger partial charge is 2.00 e. The van der Waals surface area contributed by atoms with Crippen LogP contribution >= 0.6 is 15.8 Å². The van der Waals surface area contributed by atoms with Crippen LogP contribution in [0.3, 0.4) is 0 Å². The van der Waals surface area contributed by atoms with Gasteiger partial charge in [-0.25, -0.2) is 9.98 Å². The van der Waals surface area contributed by atoms with Crippen molar-refractivity contribution in [2.24, 2.45) is 9.98 Å². The van der Waals surface area contributed by atoms with Gasteiger partial charge in [0.25, 0.3) is 0 Å². The molecule has 3 heterocycles. The summed E-state index contributed by atoms with van der Waals surface area (Å²) in [7, 11) is -0.892. The standard InChI is InChI=1S/2C18H15P.C17H13N5.Cu/c2*1-4-10-16(11-5-1)19(17-12-6-2-7-13-17)18-14-8-3-9-15-18;1-3-9-18-14(6-1)12-21-16-8-5-11-20-17(16)22-13-15-7-2-4-10-19-15;/h2*1-15H;1-13H;/q;;;+2/b;;21-12?,22-13+;. The molecule has 0 aliphatic carbocycles. The molecule has 9 rings (SSSR count). The number of nitrogens with zero attached hydrogens (tertiary/aromatic N) is 5. The van der Waals surface area contributed by atoms with Gasteiger partial charge >= 0.3 is 17.1 Å². The molecule has 9 aromatic rings. The molecule has 5 nitrogen and oxygen atoms in total. The van der Waals surface area contributed by atoms with Crippen LogP contribution in [0, 0.1) is 0 Å². The van der Waals surface area contributed by atoms with Crippen molar-refractivity contribution in [2.45, 2.75) is 0 Å². The van der Waals surface area contributed by atoms with Crippen molar-refractivity contribution in [3.05, 3.63) is 261 Å². The summed E-state index contributed by atoms with van der Waals surface area (Å²) in [5, 5.41) is 8.39. The van der Waals surface area contributed by atoms with Gasteiger partial charge in [-0.3, -0.25) is 15.0 Å². The average molecular weight is 875 g/mol. The van der Waals surface area contributed by atoms with Gasteiger partial charge < -0.3 is 0 Å². The van der Waals surface area contributed by atoms with Crippen LogP contribution in [0.15, 0.2) is 259 Å². The molecule has 0 bridgehead atoms. The van der Waals surface area contributed by atoms with Crippen LogP contribution < -0.4 is 31.8 Å². The van der Waals surface area contributed by atoms with E-state index in [-0.39, 0.29) is 17.1 Å². The Balaban J connectivity index is 0.000000152. The summed E-state index contributed by atoms with van der Waals surface area (Å²) >= 11 is 0. The summed E-state index contributed by atoms with van der Waals surface area (Å²) in [6, 6.07) is 79.6. The van der Waals surface area contributed by atoms with Crippen LogP contribution in [-0.4, -0.2) is 27.4 Å². The van der Waals surface area contributed by atoms with Crippen molar-refractivity contribution in [2.75, 3.05) is 0 Å². The maximum absolute atomic E-state index is 4.40. The Morgan fingerprint density at radius 3 is 0.902 bits per heavy atom. The van der Waals surface area contributed by atoms with Gasteiger partial charge in [-0.05, 0) is 84.1 Å². The molecule has 0 aliphatic rings. The van der Waals surface area contributed by atoms with Gasteiger partial charge in [0.1, 0.15) is 5.69 Å². The van der Waals surface area contributed by atoms with Crippen molar-refractivity contribution >= 4 is 71.6 Å². The second kappa shape index (κ2) is 24.5. The first kappa shape index (κ1) is 44.1. The molecule has 0 saturated heterocycles. The van der Waals surface area contributed by atoms with Crippen LogP contribution in [0.2, 0.25) is 0 Å². The van der Waals surface area contributed by atoms with E-state index in [1.54, 1.807) is 31.0 Å². The minimum Gasteiger partial charge on any atom is -0.255 e. The number of aliphatic imine (C=N–C) groups is 2. The normalized spacial score (nSPS) is 10.7. The predicted molar refractivity (Wildman–Crippen MR) is 258 cm³/mol. The van der Waals surface area contributed by atoms with Crippen molar-refractivity contribution in [3.8, 4) is 0 Å². The number of rotatable bonds is 10. The van der Waals surface area contributed by atoms with E-state index in [0.717, 1.165) is 11.4 Å². The molecule has 3 aromatic heterocycles. The first-order valence-electron chi connectivity index (χ1n) is 19.6. The molecule has 0 aliphatic heterocycles. The summed E-state index contributed by atoms with van der Waals surface area (Å²) in [6.45, 7) is 0. The zero-order valence-corrected chi connectivity index (χ0v) is 36.0. The maximum atomic E-state index is 4.40. The van der Waals surface area contributed by atoms with E-state index in [1.807, 2.05) is 48.5 Å². The molecule has 0 saturated carbocycles. The third kappa shape index (κ3) is 13.5. The number of hydrogen-bond donors (Lipinski definition) is 0. The number of pyridine rings is 3. The van der Waals surface area contributed by atoms with E-state index in [4.69, 9.17) is 0 Å². The second-order valence-electron chi connectivity index (χ2n) is 13.1. The van der Waals surface area contributed by atoms with E-state index in [1.165, 1.54) is 31.8 Å². The van der Waals surface area contributed by atoms with E-state index in [9.17, 15) is 0 Å². The average Bonchev–Trinajstić information content (AvgIpc) is 3.34. The summed E-state index contributed by atoms with van der Waals surface area (Å²) in [5.74, 6) is 0.542. The zero-order chi connectivity index (χ0) is 40.9. The Kier molecular flexibility index (Phi) is 17.7. The van der Waals surface area contributed by atoms with Crippen molar-refractivity contribution in [3.63, 3.8) is 0 Å². The van der Waals surface area contributed by atoms with E-state index in [0.29, 0.717) is 11.5 Å². The SMILES string of the molecule is C(=Nc1cccnc1/N=C/c1ccccn1)c1ccccn1.[Cu+2].c1ccc(P(c2ccccc2)c2ccccc2)cc1.c1ccc(P(c2ccccc2)c2ccccc2)cc1. The Bertz CT molecular complexity index is 2250. The Labute approximate surface area is 372 Å². The predicted octanol–water partition coefficient (Wildman–Crippen LogP) is 10.3. The molecule has 299 valence electrons. The molecule has 61 heavy (non-hydrogen) atoms. The van der Waals surface area contributed by atoms with Crippen LogP contribution in [0.5, 0.6) is 0 Å². The van der Waals surface area contributed by atoms with Crippen LogP contribution in [-0.2, 0) is 17.1 Å². The smallest absolute Gasteiger partial charge is 0.255 e. The van der Waals surface area contributed by atoms with Crippen LogP contribution in [0.25, 0.3) is 0 Å². The topological polar surface area (TPSA) is 63.4 Å². The monoisotopic (exact) mass is 874 g/mol. The molecule has 6 aromatic carbocycles. The Morgan fingerprint density at radius 2 is 0.590 bits per heavy atom. The Hall–Kier alpha value is -6.51. The van der Waals surface area contributed by atoms with Gasteiger partial charge in [0.2, 0.25) is 0 Å². The molecule has 0 atom stereocenters. The molecule has 0 amide bonds. The first-order chi connectivity index (χ1) is 29.8. The molecule has 0 unspecified atom stereocenters. The van der Waals surface area contributed by atoms with Gasteiger partial charge in [0, 0.05) is 18.6 Å². The van der Waals surface area contributed by atoms with Crippen molar-refractivity contribution < 1.29 is 17.1 Å². The molecule has 0 N–H and O–H groups in total. The van der Waals surface area contributed by atoms with Crippen LogP contribution in [0.1, 0.15) is 11.4 Å². The van der Waals surface area contributed by atoms with E-state index in [2.05, 4.69) is 207 Å². The minimum atomic E-state index is -0.446. The van der Waals surface area contributed by atoms with Gasteiger partial charge in [-0.2, -0.15) is 0 Å². The molecule has 1 radical (unpaired) electrons. The van der Waals surface area contributed by atoms with Crippen LogP contribution in [0.4, 0.5) is 11.5 Å². The summed E-state index contributed by atoms with van der Waals surface area (Å²) in [4.78, 5) is 21.4. The summed E-state index contributed by atoms with van der Waals surface area (Å²) in [6.07, 6.45) is 8.49. The van der Waals surface area contributed by atoms with E-state index < -0.39 is 15.8 Å². The number of aromatic nitrogens is 3. The molecule has 0 spiro atoms. The van der Waals surface area contributed by atoms with Gasteiger partial charge in [0.15, 0.2) is 5.82 Å². The molecule has 0 fully saturated rings. The quantitative estimate of drug-likeness (QED) is 0.0781.